The molecule has 0 aromatic carbocycles. The lowest BCUT2D eigenvalue weighted by molar-refractivity contribution is 0.112. The topological polar surface area (TPSA) is 136 Å². The van der Waals surface area contributed by atoms with Crippen LogP contribution in [0.1, 0.15) is 12.5 Å². The summed E-state index contributed by atoms with van der Waals surface area (Å²) in [4.78, 5) is 30.7. The standard InChI is InChI=1S/C14H18N5O5P/c20-6-3-11(7-24-10-25(21,22)23)19-9-17-12-13(15-8-16-14(12)19)18-4-1-2-5-18/h1-2,4-5,8-9,11,20H,3,6-7,10H2,(H2,21,22,23). The highest BCUT2D eigenvalue weighted by molar-refractivity contribution is 7.51. The molecule has 3 rings (SSSR count). The van der Waals surface area contributed by atoms with Crippen LogP contribution < -0.4 is 0 Å². The molecule has 134 valence electrons. The Balaban J connectivity index is 1.90. The van der Waals surface area contributed by atoms with Crippen molar-refractivity contribution in [3.63, 3.8) is 0 Å². The molecule has 0 bridgehead atoms. The highest BCUT2D eigenvalue weighted by Gasteiger charge is 2.20. The van der Waals surface area contributed by atoms with Gasteiger partial charge in [-0.15, -0.1) is 0 Å². The van der Waals surface area contributed by atoms with Gasteiger partial charge in [0, 0.05) is 19.0 Å². The Labute approximate surface area is 142 Å². The molecule has 10 nitrogen and oxygen atoms in total. The van der Waals surface area contributed by atoms with E-state index >= 15 is 0 Å². The van der Waals surface area contributed by atoms with Gasteiger partial charge in [-0.3, -0.25) is 4.57 Å². The summed E-state index contributed by atoms with van der Waals surface area (Å²) in [7, 11) is -4.25. The number of aliphatic hydroxyl groups is 1. The first-order chi connectivity index (χ1) is 12.0. The van der Waals surface area contributed by atoms with E-state index in [0.29, 0.717) is 23.4 Å². The minimum absolute atomic E-state index is 0.0139. The van der Waals surface area contributed by atoms with Crippen molar-refractivity contribution >= 4 is 18.8 Å². The number of rotatable bonds is 8. The average Bonchev–Trinajstić information content (AvgIpc) is 3.22. The summed E-state index contributed by atoms with van der Waals surface area (Å²) in [5, 5.41) is 9.29. The van der Waals surface area contributed by atoms with Crippen LogP contribution >= 0.6 is 7.60 Å². The van der Waals surface area contributed by atoms with Gasteiger partial charge in [-0.1, -0.05) is 0 Å². The van der Waals surface area contributed by atoms with Crippen LogP contribution in [0.3, 0.4) is 0 Å². The van der Waals surface area contributed by atoms with E-state index in [1.807, 2.05) is 29.1 Å². The Morgan fingerprint density at radius 2 is 1.96 bits per heavy atom. The SMILES string of the molecule is O=P(O)(O)COCC(CCO)n1cnc2c(-n3cccc3)ncnc21. The molecule has 0 aliphatic heterocycles. The van der Waals surface area contributed by atoms with E-state index in [4.69, 9.17) is 14.5 Å². The second kappa shape index (κ2) is 7.42. The van der Waals surface area contributed by atoms with Crippen molar-refractivity contribution in [2.45, 2.75) is 12.5 Å². The van der Waals surface area contributed by atoms with Crippen LogP contribution in [0, 0.1) is 0 Å². The molecule has 11 heteroatoms. The predicted molar refractivity (Wildman–Crippen MR) is 88.3 cm³/mol. The molecule has 0 fully saturated rings. The van der Waals surface area contributed by atoms with Crippen LogP contribution in [0.2, 0.25) is 0 Å². The average molecular weight is 367 g/mol. The van der Waals surface area contributed by atoms with Crippen molar-refractivity contribution in [2.75, 3.05) is 19.6 Å². The molecule has 1 unspecified atom stereocenters. The number of aromatic nitrogens is 5. The minimum atomic E-state index is -4.25. The van der Waals surface area contributed by atoms with Gasteiger partial charge in [-0.05, 0) is 18.6 Å². The molecule has 0 aliphatic rings. The van der Waals surface area contributed by atoms with Crippen molar-refractivity contribution in [2.24, 2.45) is 0 Å². The summed E-state index contributed by atoms with van der Waals surface area (Å²) in [6, 6.07) is 3.37. The van der Waals surface area contributed by atoms with Gasteiger partial charge in [-0.2, -0.15) is 0 Å². The number of imidazole rings is 1. The van der Waals surface area contributed by atoms with Gasteiger partial charge in [-0.25, -0.2) is 15.0 Å². The van der Waals surface area contributed by atoms with Crippen LogP contribution in [-0.2, 0) is 9.30 Å². The highest BCUT2D eigenvalue weighted by Crippen LogP contribution is 2.34. The van der Waals surface area contributed by atoms with E-state index < -0.39 is 13.9 Å². The maximum Gasteiger partial charge on any atom is 0.350 e. The van der Waals surface area contributed by atoms with Gasteiger partial charge in [0.05, 0.1) is 19.0 Å². The first-order valence-electron chi connectivity index (χ1n) is 7.53. The fraction of sp³-hybridized carbons (Fsp3) is 0.357. The van der Waals surface area contributed by atoms with Crippen molar-refractivity contribution in [3.8, 4) is 5.82 Å². The van der Waals surface area contributed by atoms with E-state index in [0.717, 1.165) is 0 Å². The molecule has 0 saturated heterocycles. The number of fused-ring (bicyclic) bond motifs is 1. The molecule has 1 atom stereocenters. The molecule has 3 heterocycles. The van der Waals surface area contributed by atoms with E-state index in [1.54, 1.807) is 10.9 Å². The lowest BCUT2D eigenvalue weighted by Gasteiger charge is -2.18. The number of hydrogen-bond acceptors (Lipinski definition) is 6. The summed E-state index contributed by atoms with van der Waals surface area (Å²) in [6.45, 7) is -0.0981. The van der Waals surface area contributed by atoms with Crippen molar-refractivity contribution in [3.05, 3.63) is 37.2 Å². The first-order valence-corrected chi connectivity index (χ1v) is 9.33. The largest absolute Gasteiger partial charge is 0.396 e. The van der Waals surface area contributed by atoms with E-state index in [9.17, 15) is 9.67 Å². The third-order valence-electron chi connectivity index (χ3n) is 3.61. The summed E-state index contributed by atoms with van der Waals surface area (Å²) < 4.78 is 19.6. The van der Waals surface area contributed by atoms with Gasteiger partial charge in [0.25, 0.3) is 0 Å². The Morgan fingerprint density at radius 3 is 2.64 bits per heavy atom. The molecular weight excluding hydrogens is 349 g/mol. The van der Waals surface area contributed by atoms with Crippen molar-refractivity contribution in [1.29, 1.82) is 0 Å². The molecule has 0 spiro atoms. The second-order valence-corrected chi connectivity index (χ2v) is 7.03. The fourth-order valence-electron chi connectivity index (χ4n) is 2.53. The maximum absolute atomic E-state index is 10.9. The number of aliphatic hydroxyl groups excluding tert-OH is 1. The van der Waals surface area contributed by atoms with Crippen LogP contribution in [0.5, 0.6) is 0 Å². The lowest BCUT2D eigenvalue weighted by Crippen LogP contribution is -2.17. The smallest absolute Gasteiger partial charge is 0.350 e. The Bertz CT molecular complexity index is 875. The van der Waals surface area contributed by atoms with E-state index in [1.165, 1.54) is 6.33 Å². The normalized spacial score (nSPS) is 13.4. The fourth-order valence-corrected chi connectivity index (χ4v) is 2.87. The third kappa shape index (κ3) is 4.12. The monoisotopic (exact) mass is 367 g/mol. The van der Waals surface area contributed by atoms with E-state index in [2.05, 4.69) is 15.0 Å². The van der Waals surface area contributed by atoms with Gasteiger partial charge in [0.1, 0.15) is 12.7 Å². The molecule has 0 amide bonds. The zero-order valence-corrected chi connectivity index (χ0v) is 14.1. The molecule has 3 aromatic rings. The Morgan fingerprint density at radius 1 is 1.20 bits per heavy atom. The maximum atomic E-state index is 10.9. The first kappa shape index (κ1) is 17.7. The highest BCUT2D eigenvalue weighted by atomic mass is 31.2. The van der Waals surface area contributed by atoms with Crippen LogP contribution in [0.15, 0.2) is 37.2 Å². The van der Waals surface area contributed by atoms with Gasteiger partial charge in [0.15, 0.2) is 17.0 Å². The molecule has 0 radical (unpaired) electrons. The minimum Gasteiger partial charge on any atom is -0.396 e. The third-order valence-corrected chi connectivity index (χ3v) is 4.13. The van der Waals surface area contributed by atoms with Crippen LogP contribution in [-0.4, -0.2) is 58.5 Å². The molecular formula is C14H18N5O5P. The second-order valence-electron chi connectivity index (χ2n) is 5.44. The Kier molecular flexibility index (Phi) is 5.26. The zero-order chi connectivity index (χ0) is 17.9. The van der Waals surface area contributed by atoms with Crippen LogP contribution in [0.25, 0.3) is 17.0 Å². The summed E-state index contributed by atoms with van der Waals surface area (Å²) in [5.74, 6) is 0.618. The Hall–Kier alpha value is -2.10. The lowest BCUT2D eigenvalue weighted by atomic mass is 10.2. The van der Waals surface area contributed by atoms with Crippen molar-refractivity contribution < 1.29 is 24.2 Å². The molecule has 25 heavy (non-hydrogen) atoms. The number of nitrogens with zero attached hydrogens (tertiary/aromatic N) is 5. The molecule has 0 aliphatic carbocycles. The van der Waals surface area contributed by atoms with Gasteiger partial charge in [0.2, 0.25) is 0 Å². The summed E-state index contributed by atoms with van der Waals surface area (Å²) in [6.07, 6.45) is 6.32. The summed E-state index contributed by atoms with van der Waals surface area (Å²) >= 11 is 0. The van der Waals surface area contributed by atoms with Crippen LogP contribution in [0.4, 0.5) is 0 Å². The van der Waals surface area contributed by atoms with Gasteiger partial charge < -0.3 is 28.8 Å². The zero-order valence-electron chi connectivity index (χ0n) is 13.2. The molecule has 0 saturated carbocycles. The number of ether oxygens (including phenoxy) is 1. The number of hydrogen-bond donors (Lipinski definition) is 3. The molecule has 3 aromatic heterocycles. The molecule has 3 N–H and O–H groups in total. The van der Waals surface area contributed by atoms with Crippen molar-refractivity contribution in [1.82, 2.24) is 24.1 Å². The van der Waals surface area contributed by atoms with E-state index in [-0.39, 0.29) is 19.3 Å². The predicted octanol–water partition coefficient (Wildman–Crippen LogP) is 0.692. The quantitative estimate of drug-likeness (QED) is 0.495. The summed E-state index contributed by atoms with van der Waals surface area (Å²) in [5.41, 5.74) is 1.13. The van der Waals surface area contributed by atoms with Gasteiger partial charge >= 0.3 is 7.60 Å².